The van der Waals surface area contributed by atoms with Crippen molar-refractivity contribution in [3.05, 3.63) is 42.6 Å². The monoisotopic (exact) mass is 761 g/mol. The van der Waals surface area contributed by atoms with Gasteiger partial charge in [0.05, 0.1) is 31.6 Å². The SMILES string of the molecule is COc1ccc2c(O[C@@H]3C[C@H]4C(=O)N[C@]5(C(=O)NS(=O)(=O)C6CC6)C[C@H]5/C=C\CO[C@@H](C)C[C@@H](C)[C@H](NC(=O)OC(C)(C)C)C(=O)N4C3)nccc2c1.[HH].[HH].[HH]. The number of hydrogen-bond donors (Lipinski definition) is 3. The number of rotatable bonds is 7. The Bertz CT molecular complexity index is 1910. The summed E-state index contributed by atoms with van der Waals surface area (Å²) in [6.45, 7) is 8.94. The Morgan fingerprint density at radius 3 is 2.58 bits per heavy atom. The van der Waals surface area contributed by atoms with E-state index in [0.717, 1.165) is 5.39 Å². The minimum absolute atomic E-state index is 0. The number of nitrogens with one attached hydrogen (secondary N) is 3. The van der Waals surface area contributed by atoms with Crippen LogP contribution in [-0.4, -0.2) is 103 Å². The van der Waals surface area contributed by atoms with Crippen molar-refractivity contribution in [3.63, 3.8) is 0 Å². The zero-order valence-electron chi connectivity index (χ0n) is 30.9. The third kappa shape index (κ3) is 8.69. The quantitative estimate of drug-likeness (QED) is 0.349. The summed E-state index contributed by atoms with van der Waals surface area (Å²) in [5.74, 6) is -2.07. The van der Waals surface area contributed by atoms with E-state index in [9.17, 15) is 27.6 Å². The van der Waals surface area contributed by atoms with Gasteiger partial charge in [-0.3, -0.25) is 19.1 Å². The number of ether oxygens (including phenoxy) is 4. The zero-order chi connectivity index (χ0) is 38.3. The normalized spacial score (nSPS) is 30.1. The van der Waals surface area contributed by atoms with Gasteiger partial charge in [0.2, 0.25) is 27.7 Å². The molecule has 2 aliphatic carbocycles. The van der Waals surface area contributed by atoms with Gasteiger partial charge in [0, 0.05) is 28.2 Å². The summed E-state index contributed by atoms with van der Waals surface area (Å²) in [5, 5.41) is 6.45. The maximum atomic E-state index is 14.7. The van der Waals surface area contributed by atoms with Crippen molar-refractivity contribution in [2.24, 2.45) is 11.8 Å². The second-order valence-electron chi connectivity index (χ2n) is 15.5. The summed E-state index contributed by atoms with van der Waals surface area (Å²) in [6, 6.07) is 4.98. The molecule has 0 bridgehead atoms. The molecule has 7 atom stereocenters. The number of nitrogens with zero attached hydrogens (tertiary/aromatic N) is 2. The van der Waals surface area contributed by atoms with E-state index in [1.54, 1.807) is 52.3 Å². The van der Waals surface area contributed by atoms with Crippen LogP contribution in [0.1, 0.15) is 71.0 Å². The minimum Gasteiger partial charge on any atom is -0.497 e. The highest BCUT2D eigenvalue weighted by Crippen LogP contribution is 2.46. The third-order valence-electron chi connectivity index (χ3n) is 10.1. The van der Waals surface area contributed by atoms with Gasteiger partial charge in [0.15, 0.2) is 0 Å². The lowest BCUT2D eigenvalue weighted by atomic mass is 9.94. The first-order valence-electron chi connectivity index (χ1n) is 18.1. The number of sulfonamides is 1. The molecule has 4 amide bonds. The first-order valence-corrected chi connectivity index (χ1v) is 19.6. The number of pyridine rings is 1. The van der Waals surface area contributed by atoms with Gasteiger partial charge < -0.3 is 34.5 Å². The Kier molecular flexibility index (Phi) is 10.7. The molecule has 53 heavy (non-hydrogen) atoms. The van der Waals surface area contributed by atoms with E-state index in [1.165, 1.54) is 4.90 Å². The van der Waals surface area contributed by atoms with Crippen molar-refractivity contribution in [1.82, 2.24) is 25.2 Å². The number of amides is 4. The summed E-state index contributed by atoms with van der Waals surface area (Å²) < 4.78 is 51.2. The van der Waals surface area contributed by atoms with Gasteiger partial charge in [0.25, 0.3) is 5.91 Å². The van der Waals surface area contributed by atoms with Crippen LogP contribution in [0.2, 0.25) is 0 Å². The lowest BCUT2D eigenvalue weighted by molar-refractivity contribution is -0.142. The smallest absolute Gasteiger partial charge is 0.408 e. The number of methoxy groups -OCH3 is 1. The number of fused-ring (bicyclic) bond motifs is 3. The van der Waals surface area contributed by atoms with Gasteiger partial charge in [-0.05, 0) is 88.9 Å². The summed E-state index contributed by atoms with van der Waals surface area (Å²) in [5.41, 5.74) is -2.40. The third-order valence-corrected chi connectivity index (χ3v) is 11.9. The van der Waals surface area contributed by atoms with Crippen LogP contribution in [0.15, 0.2) is 42.6 Å². The van der Waals surface area contributed by atoms with Crippen LogP contribution in [-0.2, 0) is 33.9 Å². The predicted molar refractivity (Wildman–Crippen MR) is 200 cm³/mol. The van der Waals surface area contributed by atoms with Gasteiger partial charge in [-0.1, -0.05) is 19.1 Å². The van der Waals surface area contributed by atoms with Crippen molar-refractivity contribution in [2.75, 3.05) is 20.3 Å². The molecule has 3 heterocycles. The molecule has 0 unspecified atom stereocenters. The largest absolute Gasteiger partial charge is 0.497 e. The van der Waals surface area contributed by atoms with Crippen LogP contribution >= 0.6 is 0 Å². The van der Waals surface area contributed by atoms with Gasteiger partial charge in [-0.25, -0.2) is 18.2 Å². The van der Waals surface area contributed by atoms with E-state index in [-0.39, 0.29) is 36.4 Å². The number of carbonyl (C=O) groups excluding carboxylic acids is 4. The Morgan fingerprint density at radius 1 is 1.13 bits per heavy atom. The molecule has 16 heteroatoms. The van der Waals surface area contributed by atoms with Gasteiger partial charge in [-0.2, -0.15) is 0 Å². The number of carbonyl (C=O) groups is 4. The number of hydrogen-bond acceptors (Lipinski definition) is 11. The summed E-state index contributed by atoms with van der Waals surface area (Å²) in [6.07, 6.45) is 4.69. The molecule has 2 aromatic rings. The van der Waals surface area contributed by atoms with Crippen molar-refractivity contribution in [2.45, 2.75) is 107 Å². The zero-order valence-corrected chi connectivity index (χ0v) is 31.7. The maximum absolute atomic E-state index is 14.7. The molecular formula is C37H55N5O10S. The van der Waals surface area contributed by atoms with E-state index in [4.69, 9.17) is 18.9 Å². The molecule has 6 rings (SSSR count). The summed E-state index contributed by atoms with van der Waals surface area (Å²) in [4.78, 5) is 61.7. The van der Waals surface area contributed by atoms with Crippen LogP contribution in [0.5, 0.6) is 11.6 Å². The summed E-state index contributed by atoms with van der Waals surface area (Å²) in [7, 11) is -2.35. The highest BCUT2D eigenvalue weighted by Gasteiger charge is 2.62. The van der Waals surface area contributed by atoms with Crippen LogP contribution in [0, 0.1) is 11.8 Å². The van der Waals surface area contributed by atoms with Crippen LogP contribution in [0.4, 0.5) is 4.79 Å². The molecule has 15 nitrogen and oxygen atoms in total. The van der Waals surface area contributed by atoms with Crippen molar-refractivity contribution < 1.29 is 50.8 Å². The molecule has 0 radical (unpaired) electrons. The number of aromatic nitrogens is 1. The number of alkyl carbamates (subject to hydrolysis) is 1. The van der Waals surface area contributed by atoms with E-state index in [2.05, 4.69) is 20.3 Å². The second kappa shape index (κ2) is 14.8. The lowest BCUT2D eigenvalue weighted by Crippen LogP contribution is -2.59. The fourth-order valence-electron chi connectivity index (χ4n) is 7.08. The lowest BCUT2D eigenvalue weighted by Gasteiger charge is -2.33. The Labute approximate surface area is 314 Å². The average molecular weight is 762 g/mol. The Morgan fingerprint density at radius 2 is 1.89 bits per heavy atom. The molecule has 1 aromatic heterocycles. The molecule has 4 aliphatic rings. The van der Waals surface area contributed by atoms with E-state index in [1.807, 2.05) is 32.0 Å². The van der Waals surface area contributed by atoms with Crippen LogP contribution in [0.3, 0.4) is 0 Å². The average Bonchev–Trinajstić information content (AvgIpc) is 4.01. The predicted octanol–water partition coefficient (Wildman–Crippen LogP) is 3.71. The van der Waals surface area contributed by atoms with Gasteiger partial charge in [0.1, 0.15) is 35.1 Å². The summed E-state index contributed by atoms with van der Waals surface area (Å²) >= 11 is 0. The Hall–Kier alpha value is -4.44. The molecule has 2 aliphatic heterocycles. The van der Waals surface area contributed by atoms with Crippen LogP contribution in [0.25, 0.3) is 10.8 Å². The molecule has 3 N–H and O–H groups in total. The van der Waals surface area contributed by atoms with E-state index in [0.29, 0.717) is 36.3 Å². The Balaban J connectivity index is 0.00000280. The van der Waals surface area contributed by atoms with Crippen molar-refractivity contribution in [3.8, 4) is 11.6 Å². The molecule has 0 spiro atoms. The topological polar surface area (TPSA) is 192 Å². The fraction of sp³-hybridized carbons (Fsp3) is 0.595. The number of benzene rings is 1. The molecule has 1 saturated heterocycles. The van der Waals surface area contributed by atoms with E-state index < -0.39 is 80.3 Å². The van der Waals surface area contributed by atoms with Crippen LogP contribution < -0.4 is 24.8 Å². The molecular weight excluding hydrogens is 706 g/mol. The second-order valence-corrected chi connectivity index (χ2v) is 17.5. The minimum atomic E-state index is -3.92. The van der Waals surface area contributed by atoms with Gasteiger partial charge >= 0.3 is 6.09 Å². The standard InChI is InChI=1S/C37H49N5O10S.3H2/c1-21-16-22(2)50-15-7-8-24-19-37(24,34(45)41-53(47,48)27-10-11-27)40-31(43)29-18-26(20-42(29)33(44)30(21)39-35(46)52-36(3,4)5)51-32-28-12-9-25(49-6)17-23(28)13-14-38-32;;;/h7-9,12-14,17,21-22,24,26-27,29-30H,10-11,15-16,18-20H2,1-6H3,(H,39,46)(H,40,43)(H,41,45);3*1H/b8-7-;;;/t21-,22+,24-,26-,29+,30+,37-;;;/m1.../s1. The highest BCUT2D eigenvalue weighted by atomic mass is 32.2. The van der Waals surface area contributed by atoms with Gasteiger partial charge in [-0.15, -0.1) is 0 Å². The first-order chi connectivity index (χ1) is 25.0. The maximum Gasteiger partial charge on any atom is 0.408 e. The molecule has 294 valence electrons. The molecule has 3 fully saturated rings. The highest BCUT2D eigenvalue weighted by molar-refractivity contribution is 7.91. The van der Waals surface area contributed by atoms with Crippen molar-refractivity contribution >= 4 is 44.6 Å². The molecule has 2 saturated carbocycles. The molecule has 1 aromatic carbocycles. The first kappa shape index (κ1) is 38.3. The van der Waals surface area contributed by atoms with E-state index >= 15 is 0 Å². The fourth-order valence-corrected chi connectivity index (χ4v) is 8.44. The van der Waals surface area contributed by atoms with Crippen molar-refractivity contribution in [1.29, 1.82) is 0 Å².